The summed E-state index contributed by atoms with van der Waals surface area (Å²) in [6.45, 7) is 3.85. The number of amides is 1. The zero-order chi connectivity index (χ0) is 19.6. The van der Waals surface area contributed by atoms with E-state index in [4.69, 9.17) is 4.42 Å². The van der Waals surface area contributed by atoms with E-state index in [1.807, 2.05) is 58.0 Å². The van der Waals surface area contributed by atoms with Gasteiger partial charge in [-0.15, -0.1) is 0 Å². The summed E-state index contributed by atoms with van der Waals surface area (Å²) in [5, 5.41) is 0. The standard InChI is InChI=1S/C22H21N5O2/c28-22(9-8-21-24-18-5-1-2-6-19(18)29-21)26-13-11-25(12-14-26)15-17-16-27-10-4-3-7-20(27)23-17/h1-10,16H,11-15H2/b9-8+. The minimum absolute atomic E-state index is 0.0142. The second kappa shape index (κ2) is 7.52. The Labute approximate surface area is 167 Å². The molecule has 4 aromatic rings. The molecule has 0 bridgehead atoms. The van der Waals surface area contributed by atoms with E-state index in [1.165, 1.54) is 0 Å². The molecule has 0 radical (unpaired) electrons. The molecule has 1 aliphatic heterocycles. The van der Waals surface area contributed by atoms with Crippen LogP contribution in [0.15, 0.2) is 65.4 Å². The fraction of sp³-hybridized carbons (Fsp3) is 0.227. The first kappa shape index (κ1) is 17.6. The van der Waals surface area contributed by atoms with Crippen molar-refractivity contribution in [3.63, 3.8) is 0 Å². The number of nitrogens with zero attached hydrogens (tertiary/aromatic N) is 5. The summed E-state index contributed by atoms with van der Waals surface area (Å²) in [7, 11) is 0. The van der Waals surface area contributed by atoms with Gasteiger partial charge in [0.2, 0.25) is 11.8 Å². The van der Waals surface area contributed by atoms with Crippen molar-refractivity contribution in [3.8, 4) is 0 Å². The SMILES string of the molecule is O=C(/C=C/c1nc2ccccc2o1)N1CCN(Cc2cn3ccccc3n2)CC1. The molecule has 29 heavy (non-hydrogen) atoms. The molecule has 1 fully saturated rings. The molecule has 0 unspecified atom stereocenters. The number of hydrogen-bond acceptors (Lipinski definition) is 5. The third-order valence-electron chi connectivity index (χ3n) is 5.16. The smallest absolute Gasteiger partial charge is 0.246 e. The quantitative estimate of drug-likeness (QED) is 0.504. The van der Waals surface area contributed by atoms with Crippen LogP contribution < -0.4 is 0 Å². The Bertz CT molecular complexity index is 1120. The molecule has 0 N–H and O–H groups in total. The number of aromatic nitrogens is 3. The highest BCUT2D eigenvalue weighted by molar-refractivity contribution is 5.91. The lowest BCUT2D eigenvalue weighted by molar-refractivity contribution is -0.127. The molecule has 146 valence electrons. The van der Waals surface area contributed by atoms with Crippen LogP contribution in [0.25, 0.3) is 22.8 Å². The van der Waals surface area contributed by atoms with Crippen molar-refractivity contribution in [1.82, 2.24) is 24.2 Å². The third kappa shape index (κ3) is 3.77. The van der Waals surface area contributed by atoms with Gasteiger partial charge in [0.15, 0.2) is 5.58 Å². The third-order valence-corrected chi connectivity index (χ3v) is 5.16. The Kier molecular flexibility index (Phi) is 4.57. The fourth-order valence-electron chi connectivity index (χ4n) is 3.63. The van der Waals surface area contributed by atoms with Crippen LogP contribution in [0.4, 0.5) is 0 Å². The number of hydrogen-bond donors (Lipinski definition) is 0. The Hall–Kier alpha value is -3.45. The Morgan fingerprint density at radius 2 is 1.86 bits per heavy atom. The predicted octanol–water partition coefficient (Wildman–Crippen LogP) is 2.83. The summed E-state index contributed by atoms with van der Waals surface area (Å²) in [4.78, 5) is 25.7. The molecule has 1 aliphatic rings. The molecule has 7 heteroatoms. The number of rotatable bonds is 4. The maximum atomic E-state index is 12.5. The van der Waals surface area contributed by atoms with Crippen LogP contribution in [0.1, 0.15) is 11.6 Å². The minimum atomic E-state index is -0.0142. The maximum Gasteiger partial charge on any atom is 0.246 e. The number of oxazole rings is 1. The lowest BCUT2D eigenvalue weighted by Crippen LogP contribution is -2.47. The van der Waals surface area contributed by atoms with Crippen LogP contribution in [0.3, 0.4) is 0 Å². The van der Waals surface area contributed by atoms with E-state index in [0.29, 0.717) is 19.0 Å². The summed E-state index contributed by atoms with van der Waals surface area (Å²) in [5.74, 6) is 0.435. The van der Waals surface area contributed by atoms with Gasteiger partial charge in [0.05, 0.1) is 5.69 Å². The molecule has 3 aromatic heterocycles. The van der Waals surface area contributed by atoms with Crippen molar-refractivity contribution in [2.75, 3.05) is 26.2 Å². The van der Waals surface area contributed by atoms with Gasteiger partial charge in [0.1, 0.15) is 11.2 Å². The molecule has 0 aliphatic carbocycles. The molecule has 0 spiro atoms. The highest BCUT2D eigenvalue weighted by Gasteiger charge is 2.20. The normalized spacial score (nSPS) is 15.7. The van der Waals surface area contributed by atoms with Gasteiger partial charge < -0.3 is 13.7 Å². The molecule has 0 saturated carbocycles. The number of imidazole rings is 1. The number of pyridine rings is 1. The van der Waals surface area contributed by atoms with Gasteiger partial charge in [-0.2, -0.15) is 0 Å². The van der Waals surface area contributed by atoms with Crippen molar-refractivity contribution in [2.24, 2.45) is 0 Å². The largest absolute Gasteiger partial charge is 0.437 e. The van der Waals surface area contributed by atoms with Crippen LogP contribution in [-0.2, 0) is 11.3 Å². The van der Waals surface area contributed by atoms with E-state index in [1.54, 1.807) is 12.2 Å². The van der Waals surface area contributed by atoms with Crippen molar-refractivity contribution in [2.45, 2.75) is 6.54 Å². The van der Waals surface area contributed by atoms with Crippen molar-refractivity contribution in [1.29, 1.82) is 0 Å². The fourth-order valence-corrected chi connectivity index (χ4v) is 3.63. The summed E-state index contributed by atoms with van der Waals surface area (Å²) in [5.41, 5.74) is 3.52. The number of piperazine rings is 1. The Morgan fingerprint density at radius 3 is 2.69 bits per heavy atom. The van der Waals surface area contributed by atoms with E-state index >= 15 is 0 Å². The van der Waals surface area contributed by atoms with Gasteiger partial charge in [0, 0.05) is 57.3 Å². The van der Waals surface area contributed by atoms with Gasteiger partial charge in [-0.3, -0.25) is 9.69 Å². The van der Waals surface area contributed by atoms with Gasteiger partial charge in [-0.1, -0.05) is 18.2 Å². The molecular formula is C22H21N5O2. The number of carbonyl (C=O) groups excluding carboxylic acids is 1. The number of para-hydroxylation sites is 2. The molecule has 1 saturated heterocycles. The van der Waals surface area contributed by atoms with E-state index in [0.717, 1.165) is 42.1 Å². The van der Waals surface area contributed by atoms with E-state index in [2.05, 4.69) is 21.1 Å². The molecule has 7 nitrogen and oxygen atoms in total. The number of fused-ring (bicyclic) bond motifs is 2. The number of carbonyl (C=O) groups is 1. The van der Waals surface area contributed by atoms with Crippen LogP contribution in [0, 0.1) is 0 Å². The maximum absolute atomic E-state index is 12.5. The van der Waals surface area contributed by atoms with Crippen molar-refractivity contribution in [3.05, 3.63) is 72.5 Å². The lowest BCUT2D eigenvalue weighted by Gasteiger charge is -2.33. The highest BCUT2D eigenvalue weighted by atomic mass is 16.3. The summed E-state index contributed by atoms with van der Waals surface area (Å²) in [6, 6.07) is 13.6. The lowest BCUT2D eigenvalue weighted by atomic mass is 10.3. The molecule has 1 amide bonds. The topological polar surface area (TPSA) is 66.9 Å². The van der Waals surface area contributed by atoms with Crippen LogP contribution in [0.5, 0.6) is 0 Å². The Morgan fingerprint density at radius 1 is 1.03 bits per heavy atom. The zero-order valence-electron chi connectivity index (χ0n) is 15.9. The summed E-state index contributed by atoms with van der Waals surface area (Å²) in [6.07, 6.45) is 7.26. The zero-order valence-corrected chi connectivity index (χ0v) is 15.9. The predicted molar refractivity (Wildman–Crippen MR) is 110 cm³/mol. The van der Waals surface area contributed by atoms with Gasteiger partial charge >= 0.3 is 0 Å². The molecule has 1 aromatic carbocycles. The average molecular weight is 387 g/mol. The molecule has 0 atom stereocenters. The second-order valence-corrected chi connectivity index (χ2v) is 7.15. The van der Waals surface area contributed by atoms with Gasteiger partial charge in [-0.05, 0) is 24.3 Å². The summed E-state index contributed by atoms with van der Waals surface area (Å²) < 4.78 is 7.66. The molecule has 5 rings (SSSR count). The van der Waals surface area contributed by atoms with E-state index < -0.39 is 0 Å². The highest BCUT2D eigenvalue weighted by Crippen LogP contribution is 2.16. The van der Waals surface area contributed by atoms with E-state index in [-0.39, 0.29) is 5.91 Å². The first-order valence-corrected chi connectivity index (χ1v) is 9.72. The van der Waals surface area contributed by atoms with Crippen molar-refractivity contribution < 1.29 is 9.21 Å². The number of benzene rings is 1. The Balaban J connectivity index is 1.17. The van der Waals surface area contributed by atoms with Crippen LogP contribution in [-0.4, -0.2) is 56.3 Å². The molecule has 4 heterocycles. The van der Waals surface area contributed by atoms with Gasteiger partial charge in [0.25, 0.3) is 0 Å². The first-order valence-electron chi connectivity index (χ1n) is 9.72. The van der Waals surface area contributed by atoms with E-state index in [9.17, 15) is 4.79 Å². The molecular weight excluding hydrogens is 366 g/mol. The van der Waals surface area contributed by atoms with Crippen LogP contribution in [0.2, 0.25) is 0 Å². The van der Waals surface area contributed by atoms with Crippen molar-refractivity contribution >= 4 is 28.7 Å². The first-order chi connectivity index (χ1) is 14.2. The average Bonchev–Trinajstić information content (AvgIpc) is 3.35. The second-order valence-electron chi connectivity index (χ2n) is 7.15. The summed E-state index contributed by atoms with van der Waals surface area (Å²) >= 11 is 0. The minimum Gasteiger partial charge on any atom is -0.437 e. The van der Waals surface area contributed by atoms with Crippen LogP contribution >= 0.6 is 0 Å². The monoisotopic (exact) mass is 387 g/mol. The van der Waals surface area contributed by atoms with Gasteiger partial charge in [-0.25, -0.2) is 9.97 Å².